The zero-order chi connectivity index (χ0) is 26.1. The van der Waals surface area contributed by atoms with Crippen LogP contribution in [-0.2, 0) is 28.3 Å². The smallest absolute Gasteiger partial charge is 0.243 e. The SMILES string of the molecule is CC(C)NC(=O)C(Cc1ccccc1)N(Cc1ccccc1Cl)C(=O)CSCc1ccc(Cl)c(Cl)c1. The van der Waals surface area contributed by atoms with Crippen LogP contribution < -0.4 is 5.32 Å². The second kappa shape index (κ2) is 13.9. The zero-order valence-electron chi connectivity index (χ0n) is 20.2. The number of nitrogens with zero attached hydrogens (tertiary/aromatic N) is 1. The molecular formula is C28H29Cl3N2O2S. The third-order valence-electron chi connectivity index (χ3n) is 5.48. The molecule has 8 heteroatoms. The molecule has 0 heterocycles. The van der Waals surface area contributed by atoms with Crippen LogP contribution >= 0.6 is 46.6 Å². The van der Waals surface area contributed by atoms with E-state index in [1.54, 1.807) is 23.1 Å². The van der Waals surface area contributed by atoms with E-state index >= 15 is 0 Å². The molecule has 3 rings (SSSR count). The van der Waals surface area contributed by atoms with E-state index in [1.807, 2.05) is 68.4 Å². The molecule has 0 fully saturated rings. The van der Waals surface area contributed by atoms with Crippen LogP contribution in [0.4, 0.5) is 0 Å². The summed E-state index contributed by atoms with van der Waals surface area (Å²) in [5, 5.41) is 4.52. The molecule has 0 saturated heterocycles. The summed E-state index contributed by atoms with van der Waals surface area (Å²) < 4.78 is 0. The van der Waals surface area contributed by atoms with Gasteiger partial charge in [0.05, 0.1) is 15.8 Å². The highest BCUT2D eigenvalue weighted by molar-refractivity contribution is 7.99. The Balaban J connectivity index is 1.85. The highest BCUT2D eigenvalue weighted by Crippen LogP contribution is 2.26. The average Bonchev–Trinajstić information content (AvgIpc) is 2.84. The van der Waals surface area contributed by atoms with E-state index in [1.165, 1.54) is 11.8 Å². The molecule has 1 unspecified atom stereocenters. The zero-order valence-corrected chi connectivity index (χ0v) is 23.3. The number of hydrogen-bond donors (Lipinski definition) is 1. The second-order valence-corrected chi connectivity index (χ2v) is 10.9. The maximum Gasteiger partial charge on any atom is 0.243 e. The number of thioether (sulfide) groups is 1. The van der Waals surface area contributed by atoms with E-state index in [9.17, 15) is 9.59 Å². The van der Waals surface area contributed by atoms with Crippen LogP contribution in [0.1, 0.15) is 30.5 Å². The van der Waals surface area contributed by atoms with Crippen LogP contribution in [0, 0.1) is 0 Å². The summed E-state index contributed by atoms with van der Waals surface area (Å²) in [6.45, 7) is 4.05. The van der Waals surface area contributed by atoms with Gasteiger partial charge in [0.1, 0.15) is 6.04 Å². The quantitative estimate of drug-likeness (QED) is 0.272. The third-order valence-corrected chi connectivity index (χ3v) is 7.58. The molecule has 0 aliphatic heterocycles. The molecule has 0 bridgehead atoms. The molecule has 3 aromatic rings. The number of benzene rings is 3. The topological polar surface area (TPSA) is 49.4 Å². The summed E-state index contributed by atoms with van der Waals surface area (Å²) in [6.07, 6.45) is 0.396. The van der Waals surface area contributed by atoms with Gasteiger partial charge in [-0.25, -0.2) is 0 Å². The minimum atomic E-state index is -0.691. The molecular weight excluding hydrogens is 535 g/mol. The summed E-state index contributed by atoms with van der Waals surface area (Å²) >= 11 is 20.1. The maximum absolute atomic E-state index is 13.6. The van der Waals surface area contributed by atoms with E-state index in [4.69, 9.17) is 34.8 Å². The Morgan fingerprint density at radius 1 is 0.861 bits per heavy atom. The number of hydrogen-bond acceptors (Lipinski definition) is 3. The van der Waals surface area contributed by atoms with Crippen molar-refractivity contribution in [2.75, 3.05) is 5.75 Å². The summed E-state index contributed by atoms with van der Waals surface area (Å²) in [4.78, 5) is 28.6. The second-order valence-electron chi connectivity index (χ2n) is 8.72. The minimum Gasteiger partial charge on any atom is -0.352 e. The minimum absolute atomic E-state index is 0.0583. The Bertz CT molecular complexity index is 1170. The highest BCUT2D eigenvalue weighted by atomic mass is 35.5. The number of halogens is 3. The van der Waals surface area contributed by atoms with Crippen LogP contribution in [0.3, 0.4) is 0 Å². The molecule has 4 nitrogen and oxygen atoms in total. The Morgan fingerprint density at radius 2 is 1.56 bits per heavy atom. The van der Waals surface area contributed by atoms with Gasteiger partial charge in [0.2, 0.25) is 11.8 Å². The van der Waals surface area contributed by atoms with Crippen molar-refractivity contribution in [1.29, 1.82) is 0 Å². The fourth-order valence-corrected chi connectivity index (χ4v) is 5.09. The number of carbonyl (C=O) groups excluding carboxylic acids is 2. The molecule has 3 aromatic carbocycles. The van der Waals surface area contributed by atoms with Crippen molar-refractivity contribution in [3.8, 4) is 0 Å². The molecule has 1 atom stereocenters. The maximum atomic E-state index is 13.6. The molecule has 0 spiro atoms. The Morgan fingerprint density at radius 3 is 2.22 bits per heavy atom. The lowest BCUT2D eigenvalue weighted by molar-refractivity contribution is -0.139. The van der Waals surface area contributed by atoms with Crippen molar-refractivity contribution in [2.45, 2.75) is 44.6 Å². The largest absolute Gasteiger partial charge is 0.352 e. The van der Waals surface area contributed by atoms with Crippen molar-refractivity contribution in [3.05, 3.63) is 105 Å². The van der Waals surface area contributed by atoms with Gasteiger partial charge in [0.15, 0.2) is 0 Å². The number of carbonyl (C=O) groups is 2. The van der Waals surface area contributed by atoms with Crippen molar-refractivity contribution in [3.63, 3.8) is 0 Å². The summed E-state index contributed by atoms with van der Waals surface area (Å²) in [6, 6.07) is 21.8. The lowest BCUT2D eigenvalue weighted by Crippen LogP contribution is -2.52. The van der Waals surface area contributed by atoms with Crippen molar-refractivity contribution >= 4 is 58.4 Å². The van der Waals surface area contributed by atoms with E-state index < -0.39 is 6.04 Å². The van der Waals surface area contributed by atoms with E-state index in [0.29, 0.717) is 27.2 Å². The van der Waals surface area contributed by atoms with Crippen molar-refractivity contribution in [2.24, 2.45) is 0 Å². The fourth-order valence-electron chi connectivity index (χ4n) is 3.71. The van der Waals surface area contributed by atoms with Gasteiger partial charge in [0, 0.05) is 29.8 Å². The highest BCUT2D eigenvalue weighted by Gasteiger charge is 2.31. The molecule has 0 radical (unpaired) electrons. The van der Waals surface area contributed by atoms with Gasteiger partial charge in [-0.1, -0.05) is 89.4 Å². The standard InChI is InChI=1S/C28H29Cl3N2O2S/c1-19(2)32-28(35)26(15-20-8-4-3-5-9-20)33(16-22-10-6-7-11-23(22)29)27(34)18-36-17-21-12-13-24(30)25(31)14-21/h3-14,19,26H,15-18H2,1-2H3,(H,32,35). The Labute approximate surface area is 232 Å². The predicted octanol–water partition coefficient (Wildman–Crippen LogP) is 7.04. The first-order chi connectivity index (χ1) is 17.2. The molecule has 0 saturated carbocycles. The van der Waals surface area contributed by atoms with Crippen molar-refractivity contribution < 1.29 is 9.59 Å². The monoisotopic (exact) mass is 562 g/mol. The molecule has 0 aliphatic rings. The first kappa shape index (κ1) is 28.4. The average molecular weight is 564 g/mol. The molecule has 36 heavy (non-hydrogen) atoms. The van der Waals surface area contributed by atoms with E-state index in [-0.39, 0.29) is 30.2 Å². The summed E-state index contributed by atoms with van der Waals surface area (Å²) in [7, 11) is 0. The molecule has 0 aromatic heterocycles. The Kier molecular flexibility index (Phi) is 11.0. The van der Waals surface area contributed by atoms with Gasteiger partial charge >= 0.3 is 0 Å². The van der Waals surface area contributed by atoms with Gasteiger partial charge in [-0.2, -0.15) is 0 Å². The number of rotatable bonds is 11. The molecule has 190 valence electrons. The van der Waals surface area contributed by atoms with Crippen LogP contribution in [0.5, 0.6) is 0 Å². The van der Waals surface area contributed by atoms with Gasteiger partial charge in [-0.05, 0) is 48.7 Å². The molecule has 2 amide bonds. The van der Waals surface area contributed by atoms with E-state index in [2.05, 4.69) is 5.32 Å². The number of nitrogens with one attached hydrogen (secondary N) is 1. The third kappa shape index (κ3) is 8.45. The lowest BCUT2D eigenvalue weighted by atomic mass is 10.0. The van der Waals surface area contributed by atoms with Gasteiger partial charge in [0.25, 0.3) is 0 Å². The Hall–Kier alpha value is -2.18. The van der Waals surface area contributed by atoms with Crippen LogP contribution in [-0.4, -0.2) is 34.6 Å². The molecule has 0 aliphatic carbocycles. The van der Waals surface area contributed by atoms with Crippen LogP contribution in [0.2, 0.25) is 15.1 Å². The van der Waals surface area contributed by atoms with Crippen LogP contribution in [0.15, 0.2) is 72.8 Å². The summed E-state index contributed by atoms with van der Waals surface area (Å²) in [5.41, 5.74) is 2.73. The normalized spacial score (nSPS) is 11.8. The number of amides is 2. The first-order valence-electron chi connectivity index (χ1n) is 11.6. The molecule has 1 N–H and O–H groups in total. The van der Waals surface area contributed by atoms with E-state index in [0.717, 1.165) is 16.7 Å². The predicted molar refractivity (Wildman–Crippen MR) is 152 cm³/mol. The van der Waals surface area contributed by atoms with Crippen LogP contribution in [0.25, 0.3) is 0 Å². The summed E-state index contributed by atoms with van der Waals surface area (Å²) in [5.74, 6) is 0.457. The van der Waals surface area contributed by atoms with Crippen molar-refractivity contribution in [1.82, 2.24) is 10.2 Å². The first-order valence-corrected chi connectivity index (χ1v) is 13.9. The van der Waals surface area contributed by atoms with Gasteiger partial charge in [-0.15, -0.1) is 11.8 Å². The lowest BCUT2D eigenvalue weighted by Gasteiger charge is -2.32. The fraction of sp³-hybridized carbons (Fsp3) is 0.286. The van der Waals surface area contributed by atoms with Gasteiger partial charge in [-0.3, -0.25) is 9.59 Å². The van der Waals surface area contributed by atoms with Gasteiger partial charge < -0.3 is 10.2 Å².